The van der Waals surface area contributed by atoms with E-state index in [2.05, 4.69) is 5.10 Å². The number of para-hydroxylation sites is 1. The minimum atomic E-state index is -0.118. The van der Waals surface area contributed by atoms with Crippen LogP contribution in [0.2, 0.25) is 0 Å². The quantitative estimate of drug-likeness (QED) is 0.885. The molecule has 2 rings (SSSR count). The van der Waals surface area contributed by atoms with Crippen molar-refractivity contribution in [1.82, 2.24) is 14.7 Å². The number of hydrogen-bond acceptors (Lipinski definition) is 3. The first kappa shape index (κ1) is 13.5. The van der Waals surface area contributed by atoms with Gasteiger partial charge in [-0.05, 0) is 12.5 Å². The average molecular weight is 261 g/mol. The minimum absolute atomic E-state index is 0.0312. The molecule has 0 aliphatic carbocycles. The molecular formula is C14H19N3O2. The molecule has 0 atom stereocenters. The summed E-state index contributed by atoms with van der Waals surface area (Å²) in [6, 6.07) is 7.67. The Morgan fingerprint density at radius 2 is 2.11 bits per heavy atom. The van der Waals surface area contributed by atoms with E-state index in [1.807, 2.05) is 38.2 Å². The molecule has 102 valence electrons. The number of fused-ring (bicyclic) bond motifs is 1. The molecule has 0 aliphatic heterocycles. The molecule has 1 N–H and O–H groups in total. The predicted octanol–water partition coefficient (Wildman–Crippen LogP) is 1.42. The van der Waals surface area contributed by atoms with Gasteiger partial charge in [0.1, 0.15) is 0 Å². The van der Waals surface area contributed by atoms with Crippen LogP contribution < -0.4 is 0 Å². The normalized spacial score (nSPS) is 10.9. The van der Waals surface area contributed by atoms with Gasteiger partial charge in [-0.3, -0.25) is 9.48 Å². The molecule has 2 aromatic rings. The number of rotatable bonds is 5. The fourth-order valence-corrected chi connectivity index (χ4v) is 2.23. The van der Waals surface area contributed by atoms with Gasteiger partial charge in [0.2, 0.25) is 0 Å². The summed E-state index contributed by atoms with van der Waals surface area (Å²) in [6.07, 6.45) is 0.858. The van der Waals surface area contributed by atoms with E-state index in [1.54, 1.807) is 9.58 Å². The summed E-state index contributed by atoms with van der Waals surface area (Å²) in [5.41, 5.74) is 1.39. The number of aliphatic hydroxyl groups is 1. The van der Waals surface area contributed by atoms with Crippen molar-refractivity contribution in [2.24, 2.45) is 7.05 Å². The molecule has 19 heavy (non-hydrogen) atoms. The molecular weight excluding hydrogens is 242 g/mol. The van der Waals surface area contributed by atoms with Crippen molar-refractivity contribution in [1.29, 1.82) is 0 Å². The number of hydrogen-bond donors (Lipinski definition) is 1. The molecule has 0 spiro atoms. The standard InChI is InChI=1S/C14H19N3O2/c1-3-8-17(9-10-18)14(19)13-11-6-4-5-7-12(11)16(2)15-13/h4-7,18H,3,8-10H2,1-2H3. The molecule has 5 heteroatoms. The molecule has 1 aromatic heterocycles. The Morgan fingerprint density at radius 3 is 2.79 bits per heavy atom. The van der Waals surface area contributed by atoms with E-state index in [4.69, 9.17) is 5.11 Å². The maximum atomic E-state index is 12.5. The average Bonchev–Trinajstić information content (AvgIpc) is 2.76. The van der Waals surface area contributed by atoms with Gasteiger partial charge < -0.3 is 10.0 Å². The fraction of sp³-hybridized carbons (Fsp3) is 0.429. The zero-order valence-corrected chi connectivity index (χ0v) is 11.3. The third-order valence-electron chi connectivity index (χ3n) is 3.11. The highest BCUT2D eigenvalue weighted by atomic mass is 16.3. The van der Waals surface area contributed by atoms with Crippen LogP contribution in [0.5, 0.6) is 0 Å². The molecule has 0 unspecified atom stereocenters. The molecule has 1 aromatic carbocycles. The Hall–Kier alpha value is -1.88. The van der Waals surface area contributed by atoms with E-state index in [0.29, 0.717) is 18.8 Å². The smallest absolute Gasteiger partial charge is 0.275 e. The molecule has 0 radical (unpaired) electrons. The Labute approximate surface area is 112 Å². The van der Waals surface area contributed by atoms with Gasteiger partial charge in [-0.25, -0.2) is 0 Å². The predicted molar refractivity (Wildman–Crippen MR) is 74.0 cm³/mol. The summed E-state index contributed by atoms with van der Waals surface area (Å²) in [5.74, 6) is -0.118. The van der Waals surface area contributed by atoms with Crippen molar-refractivity contribution < 1.29 is 9.90 Å². The van der Waals surface area contributed by atoms with E-state index in [-0.39, 0.29) is 12.5 Å². The lowest BCUT2D eigenvalue weighted by Gasteiger charge is -2.19. The summed E-state index contributed by atoms with van der Waals surface area (Å²) >= 11 is 0. The van der Waals surface area contributed by atoms with Crippen LogP contribution in [0.25, 0.3) is 10.9 Å². The van der Waals surface area contributed by atoms with E-state index < -0.39 is 0 Å². The zero-order valence-electron chi connectivity index (χ0n) is 11.3. The summed E-state index contributed by atoms with van der Waals surface area (Å²) in [6.45, 7) is 2.95. The largest absolute Gasteiger partial charge is 0.395 e. The maximum absolute atomic E-state index is 12.5. The molecule has 0 saturated carbocycles. The number of aryl methyl sites for hydroxylation is 1. The molecule has 1 amide bonds. The van der Waals surface area contributed by atoms with Gasteiger partial charge in [-0.1, -0.05) is 25.1 Å². The first-order chi connectivity index (χ1) is 9.19. The Morgan fingerprint density at radius 1 is 1.37 bits per heavy atom. The lowest BCUT2D eigenvalue weighted by atomic mass is 10.2. The molecule has 0 bridgehead atoms. The molecule has 1 heterocycles. The number of aliphatic hydroxyl groups excluding tert-OH is 1. The van der Waals surface area contributed by atoms with Gasteiger partial charge in [0.05, 0.1) is 12.1 Å². The highest BCUT2D eigenvalue weighted by Gasteiger charge is 2.20. The van der Waals surface area contributed by atoms with Gasteiger partial charge >= 0.3 is 0 Å². The number of aromatic nitrogens is 2. The Kier molecular flexibility index (Phi) is 4.16. The second-order valence-corrected chi connectivity index (χ2v) is 4.51. The van der Waals surface area contributed by atoms with Crippen LogP contribution in [0.4, 0.5) is 0 Å². The summed E-state index contributed by atoms with van der Waals surface area (Å²) in [7, 11) is 1.83. The minimum Gasteiger partial charge on any atom is -0.395 e. The van der Waals surface area contributed by atoms with Crippen LogP contribution in [-0.4, -0.2) is 45.4 Å². The summed E-state index contributed by atoms with van der Waals surface area (Å²) < 4.78 is 1.71. The van der Waals surface area contributed by atoms with Crippen molar-refractivity contribution in [3.05, 3.63) is 30.0 Å². The Balaban J connectivity index is 2.40. The van der Waals surface area contributed by atoms with Gasteiger partial charge in [0.15, 0.2) is 5.69 Å². The van der Waals surface area contributed by atoms with Crippen molar-refractivity contribution in [3.8, 4) is 0 Å². The second kappa shape index (κ2) is 5.84. The fourth-order valence-electron chi connectivity index (χ4n) is 2.23. The van der Waals surface area contributed by atoms with Gasteiger partial charge in [-0.15, -0.1) is 0 Å². The number of nitrogens with zero attached hydrogens (tertiary/aromatic N) is 3. The lowest BCUT2D eigenvalue weighted by molar-refractivity contribution is 0.0717. The van der Waals surface area contributed by atoms with E-state index in [9.17, 15) is 4.79 Å². The zero-order chi connectivity index (χ0) is 13.8. The van der Waals surface area contributed by atoms with Gasteiger partial charge in [-0.2, -0.15) is 5.10 Å². The van der Waals surface area contributed by atoms with Crippen LogP contribution >= 0.6 is 0 Å². The SMILES string of the molecule is CCCN(CCO)C(=O)c1nn(C)c2ccccc12. The van der Waals surface area contributed by atoms with Crippen LogP contribution in [0.3, 0.4) is 0 Å². The highest BCUT2D eigenvalue weighted by molar-refractivity contribution is 6.04. The van der Waals surface area contributed by atoms with Crippen LogP contribution in [0.1, 0.15) is 23.8 Å². The third-order valence-corrected chi connectivity index (χ3v) is 3.11. The monoisotopic (exact) mass is 261 g/mol. The van der Waals surface area contributed by atoms with E-state index in [0.717, 1.165) is 17.3 Å². The van der Waals surface area contributed by atoms with Gasteiger partial charge in [0, 0.05) is 25.5 Å². The second-order valence-electron chi connectivity index (χ2n) is 4.51. The van der Waals surface area contributed by atoms with Crippen LogP contribution in [-0.2, 0) is 7.05 Å². The van der Waals surface area contributed by atoms with Crippen molar-refractivity contribution in [2.75, 3.05) is 19.7 Å². The van der Waals surface area contributed by atoms with E-state index in [1.165, 1.54) is 0 Å². The molecule has 5 nitrogen and oxygen atoms in total. The lowest BCUT2D eigenvalue weighted by Crippen LogP contribution is -2.34. The maximum Gasteiger partial charge on any atom is 0.275 e. The molecule has 0 saturated heterocycles. The van der Waals surface area contributed by atoms with Crippen LogP contribution in [0.15, 0.2) is 24.3 Å². The number of amides is 1. The first-order valence-electron chi connectivity index (χ1n) is 6.51. The topological polar surface area (TPSA) is 58.4 Å². The number of carbonyl (C=O) groups is 1. The van der Waals surface area contributed by atoms with Crippen LogP contribution in [0, 0.1) is 0 Å². The molecule has 0 aliphatic rings. The number of benzene rings is 1. The van der Waals surface area contributed by atoms with Crippen molar-refractivity contribution in [3.63, 3.8) is 0 Å². The van der Waals surface area contributed by atoms with Crippen molar-refractivity contribution >= 4 is 16.8 Å². The summed E-state index contributed by atoms with van der Waals surface area (Å²) in [4.78, 5) is 14.1. The molecule has 0 fully saturated rings. The first-order valence-corrected chi connectivity index (χ1v) is 6.51. The number of carbonyl (C=O) groups excluding carboxylic acids is 1. The Bertz CT molecular complexity index is 571. The van der Waals surface area contributed by atoms with E-state index >= 15 is 0 Å². The summed E-state index contributed by atoms with van der Waals surface area (Å²) in [5, 5.41) is 14.2. The van der Waals surface area contributed by atoms with Gasteiger partial charge in [0.25, 0.3) is 5.91 Å². The van der Waals surface area contributed by atoms with Crippen molar-refractivity contribution in [2.45, 2.75) is 13.3 Å². The third kappa shape index (κ3) is 2.61. The highest BCUT2D eigenvalue weighted by Crippen LogP contribution is 2.19.